The SMILES string of the molecule is Cc1cc(C)cc(NC(=O)CSc2nc3ccc(N)cc3s2)c1. The van der Waals surface area contributed by atoms with E-state index < -0.39 is 0 Å². The zero-order chi connectivity index (χ0) is 16.4. The number of thiazole rings is 1. The van der Waals surface area contributed by atoms with Gasteiger partial charge in [0.25, 0.3) is 0 Å². The van der Waals surface area contributed by atoms with Crippen LogP contribution in [0.2, 0.25) is 0 Å². The van der Waals surface area contributed by atoms with Crippen molar-refractivity contribution in [2.75, 3.05) is 16.8 Å². The number of amides is 1. The highest BCUT2D eigenvalue weighted by atomic mass is 32.2. The first-order chi connectivity index (χ1) is 11.0. The number of benzene rings is 2. The molecule has 0 fully saturated rings. The molecule has 0 saturated heterocycles. The first kappa shape index (κ1) is 15.8. The summed E-state index contributed by atoms with van der Waals surface area (Å²) in [5, 5.41) is 2.93. The molecule has 3 rings (SSSR count). The van der Waals surface area contributed by atoms with Gasteiger partial charge in [0.1, 0.15) is 0 Å². The Hall–Kier alpha value is -2.05. The third-order valence-electron chi connectivity index (χ3n) is 3.23. The predicted molar refractivity (Wildman–Crippen MR) is 99.3 cm³/mol. The third-order valence-corrected chi connectivity index (χ3v) is 5.39. The summed E-state index contributed by atoms with van der Waals surface area (Å²) in [6.45, 7) is 4.04. The van der Waals surface area contributed by atoms with E-state index in [1.54, 1.807) is 11.3 Å². The summed E-state index contributed by atoms with van der Waals surface area (Å²) in [4.78, 5) is 16.6. The quantitative estimate of drug-likeness (QED) is 0.549. The van der Waals surface area contributed by atoms with Crippen LogP contribution < -0.4 is 11.1 Å². The number of nitrogen functional groups attached to an aromatic ring is 1. The Morgan fingerprint density at radius 1 is 1.22 bits per heavy atom. The number of hydrogen-bond donors (Lipinski definition) is 2. The molecule has 6 heteroatoms. The number of hydrogen-bond acceptors (Lipinski definition) is 5. The number of nitrogens with zero attached hydrogens (tertiary/aromatic N) is 1. The third kappa shape index (κ3) is 4.03. The summed E-state index contributed by atoms with van der Waals surface area (Å²) in [6, 6.07) is 11.7. The van der Waals surface area contributed by atoms with Crippen LogP contribution in [0.15, 0.2) is 40.7 Å². The number of carbonyl (C=O) groups excluding carboxylic acids is 1. The van der Waals surface area contributed by atoms with Crippen molar-refractivity contribution in [3.8, 4) is 0 Å². The second-order valence-electron chi connectivity index (χ2n) is 5.42. The molecule has 2 aromatic carbocycles. The summed E-state index contributed by atoms with van der Waals surface area (Å²) in [7, 11) is 0. The fraction of sp³-hybridized carbons (Fsp3) is 0.176. The standard InChI is InChI=1S/C17H17N3OS2/c1-10-5-11(2)7-13(6-10)19-16(21)9-22-17-20-14-4-3-12(18)8-15(14)23-17/h3-8H,9,18H2,1-2H3,(H,19,21). The van der Waals surface area contributed by atoms with Crippen LogP contribution in [0.25, 0.3) is 10.2 Å². The molecule has 0 aliphatic heterocycles. The molecule has 0 saturated carbocycles. The van der Waals surface area contributed by atoms with Gasteiger partial charge < -0.3 is 11.1 Å². The first-order valence-corrected chi connectivity index (χ1v) is 8.97. The van der Waals surface area contributed by atoms with E-state index in [4.69, 9.17) is 5.73 Å². The Bertz CT molecular complexity index is 853. The molecule has 0 bridgehead atoms. The molecule has 0 unspecified atom stereocenters. The van der Waals surface area contributed by atoms with Crippen molar-refractivity contribution in [2.24, 2.45) is 0 Å². The lowest BCUT2D eigenvalue weighted by molar-refractivity contribution is -0.113. The van der Waals surface area contributed by atoms with E-state index in [0.717, 1.165) is 37.1 Å². The summed E-state index contributed by atoms with van der Waals surface area (Å²) >= 11 is 3.00. The molecular formula is C17H17N3OS2. The number of aromatic nitrogens is 1. The van der Waals surface area contributed by atoms with E-state index in [1.807, 2.05) is 44.2 Å². The molecular weight excluding hydrogens is 326 g/mol. The van der Waals surface area contributed by atoms with Crippen LogP contribution >= 0.6 is 23.1 Å². The Morgan fingerprint density at radius 3 is 2.70 bits per heavy atom. The molecule has 1 amide bonds. The van der Waals surface area contributed by atoms with Crippen molar-refractivity contribution < 1.29 is 4.79 Å². The minimum absolute atomic E-state index is 0.0289. The largest absolute Gasteiger partial charge is 0.399 e. The highest BCUT2D eigenvalue weighted by Crippen LogP contribution is 2.30. The van der Waals surface area contributed by atoms with Crippen molar-refractivity contribution in [1.29, 1.82) is 0 Å². The molecule has 3 N–H and O–H groups in total. The fourth-order valence-electron chi connectivity index (χ4n) is 2.35. The molecule has 0 aliphatic carbocycles. The second kappa shape index (κ2) is 6.60. The number of rotatable bonds is 4. The van der Waals surface area contributed by atoms with Gasteiger partial charge in [-0.05, 0) is 55.3 Å². The smallest absolute Gasteiger partial charge is 0.234 e. The molecule has 118 valence electrons. The lowest BCUT2D eigenvalue weighted by atomic mass is 10.1. The van der Waals surface area contributed by atoms with Crippen LogP contribution in [0.5, 0.6) is 0 Å². The molecule has 4 nitrogen and oxygen atoms in total. The maximum absolute atomic E-state index is 12.1. The van der Waals surface area contributed by atoms with E-state index in [9.17, 15) is 4.79 Å². The number of thioether (sulfide) groups is 1. The van der Waals surface area contributed by atoms with Gasteiger partial charge in [-0.1, -0.05) is 17.8 Å². The second-order valence-corrected chi connectivity index (χ2v) is 7.67. The molecule has 23 heavy (non-hydrogen) atoms. The van der Waals surface area contributed by atoms with Crippen LogP contribution in [-0.2, 0) is 4.79 Å². The monoisotopic (exact) mass is 343 g/mol. The molecule has 0 aliphatic rings. The lowest BCUT2D eigenvalue weighted by Gasteiger charge is -2.06. The van der Waals surface area contributed by atoms with Crippen LogP contribution in [0.1, 0.15) is 11.1 Å². The average molecular weight is 343 g/mol. The molecule has 0 atom stereocenters. The zero-order valence-corrected chi connectivity index (χ0v) is 14.6. The average Bonchev–Trinajstić information content (AvgIpc) is 2.86. The van der Waals surface area contributed by atoms with Gasteiger partial charge in [-0.25, -0.2) is 4.98 Å². The zero-order valence-electron chi connectivity index (χ0n) is 12.9. The van der Waals surface area contributed by atoms with E-state index in [-0.39, 0.29) is 5.91 Å². The summed E-state index contributed by atoms with van der Waals surface area (Å²) in [5.74, 6) is 0.307. The van der Waals surface area contributed by atoms with E-state index >= 15 is 0 Å². The van der Waals surface area contributed by atoms with Crippen LogP contribution in [0.4, 0.5) is 11.4 Å². The van der Waals surface area contributed by atoms with Crippen molar-refractivity contribution in [2.45, 2.75) is 18.2 Å². The Labute approximate surface area is 143 Å². The van der Waals surface area contributed by atoms with E-state index in [2.05, 4.69) is 16.4 Å². The molecule has 1 heterocycles. The Balaban J connectivity index is 1.63. The number of aryl methyl sites for hydroxylation is 2. The van der Waals surface area contributed by atoms with Gasteiger partial charge in [-0.2, -0.15) is 0 Å². The minimum Gasteiger partial charge on any atom is -0.399 e. The van der Waals surface area contributed by atoms with Crippen molar-refractivity contribution >= 4 is 50.6 Å². The lowest BCUT2D eigenvalue weighted by Crippen LogP contribution is -2.14. The first-order valence-electron chi connectivity index (χ1n) is 7.16. The van der Waals surface area contributed by atoms with Gasteiger partial charge in [-0.3, -0.25) is 4.79 Å². The number of nitrogens with two attached hydrogens (primary N) is 1. The van der Waals surface area contributed by atoms with Crippen LogP contribution in [0.3, 0.4) is 0 Å². The van der Waals surface area contributed by atoms with E-state index in [0.29, 0.717) is 5.75 Å². The number of carbonyl (C=O) groups is 1. The maximum atomic E-state index is 12.1. The van der Waals surface area contributed by atoms with Gasteiger partial charge in [0.05, 0.1) is 16.0 Å². The molecule has 0 radical (unpaired) electrons. The predicted octanol–water partition coefficient (Wildman–Crippen LogP) is 4.23. The molecule has 3 aromatic rings. The van der Waals surface area contributed by atoms with Gasteiger partial charge in [0, 0.05) is 11.4 Å². The Kier molecular flexibility index (Phi) is 4.54. The highest BCUT2D eigenvalue weighted by Gasteiger charge is 2.09. The van der Waals surface area contributed by atoms with Gasteiger partial charge in [0.15, 0.2) is 4.34 Å². The van der Waals surface area contributed by atoms with Crippen LogP contribution in [-0.4, -0.2) is 16.6 Å². The maximum Gasteiger partial charge on any atom is 0.234 e. The molecule has 1 aromatic heterocycles. The van der Waals surface area contributed by atoms with Gasteiger partial charge >= 0.3 is 0 Å². The van der Waals surface area contributed by atoms with Crippen LogP contribution in [0, 0.1) is 13.8 Å². The van der Waals surface area contributed by atoms with Crippen molar-refractivity contribution in [1.82, 2.24) is 4.98 Å². The minimum atomic E-state index is -0.0289. The summed E-state index contributed by atoms with van der Waals surface area (Å²) < 4.78 is 1.92. The summed E-state index contributed by atoms with van der Waals surface area (Å²) in [6.07, 6.45) is 0. The summed E-state index contributed by atoms with van der Waals surface area (Å²) in [5.41, 5.74) is 10.5. The number of anilines is 2. The fourth-order valence-corrected chi connectivity index (χ4v) is 4.27. The highest BCUT2D eigenvalue weighted by molar-refractivity contribution is 8.01. The topological polar surface area (TPSA) is 68.0 Å². The Morgan fingerprint density at radius 2 is 1.96 bits per heavy atom. The van der Waals surface area contributed by atoms with Gasteiger partial charge in [-0.15, -0.1) is 11.3 Å². The molecule has 0 spiro atoms. The van der Waals surface area contributed by atoms with Crippen molar-refractivity contribution in [3.05, 3.63) is 47.5 Å². The number of fused-ring (bicyclic) bond motifs is 1. The van der Waals surface area contributed by atoms with E-state index in [1.165, 1.54) is 11.8 Å². The van der Waals surface area contributed by atoms with Crippen molar-refractivity contribution in [3.63, 3.8) is 0 Å². The normalized spacial score (nSPS) is 10.9. The van der Waals surface area contributed by atoms with Gasteiger partial charge in [0.2, 0.25) is 5.91 Å². The number of nitrogens with one attached hydrogen (secondary N) is 1.